The van der Waals surface area contributed by atoms with Gasteiger partial charge in [0.15, 0.2) is 5.13 Å². The Morgan fingerprint density at radius 2 is 2.03 bits per heavy atom. The first kappa shape index (κ1) is 22.7. The number of hydrogen-bond acceptors (Lipinski definition) is 9. The van der Waals surface area contributed by atoms with Crippen LogP contribution in [-0.2, 0) is 14.8 Å². The molecule has 0 bridgehead atoms. The smallest absolute Gasteiger partial charge is 0.232 e. The highest BCUT2D eigenvalue weighted by Gasteiger charge is 2.24. The standard InChI is InChI=1S/C20H23ClN6O3S2/c1-2-12-32(28,29)26-14-5-3-4-13(16(14)21)17-18(15-6-7-23-19(22)24-15)31-20(25-17)27-8-10-30-11-9-27/h3-7,26H,2,8-12H2,1H3,(H2,22,23,24). The van der Waals surface area contributed by atoms with Gasteiger partial charge in [-0.2, -0.15) is 0 Å². The first-order chi connectivity index (χ1) is 15.4. The number of aromatic nitrogens is 3. The van der Waals surface area contributed by atoms with Gasteiger partial charge in [-0.1, -0.05) is 42.0 Å². The van der Waals surface area contributed by atoms with Crippen molar-refractivity contribution in [3.05, 3.63) is 35.5 Å². The van der Waals surface area contributed by atoms with E-state index < -0.39 is 10.0 Å². The van der Waals surface area contributed by atoms with Crippen molar-refractivity contribution < 1.29 is 13.2 Å². The van der Waals surface area contributed by atoms with Gasteiger partial charge in [-0.3, -0.25) is 4.72 Å². The maximum Gasteiger partial charge on any atom is 0.232 e. The fraction of sp³-hybridized carbons (Fsp3) is 0.350. The number of halogens is 1. The third kappa shape index (κ3) is 4.96. The van der Waals surface area contributed by atoms with Crippen molar-refractivity contribution >= 4 is 49.7 Å². The quantitative estimate of drug-likeness (QED) is 0.511. The number of nitrogens with zero attached hydrogens (tertiary/aromatic N) is 4. The lowest BCUT2D eigenvalue weighted by atomic mass is 10.1. The van der Waals surface area contributed by atoms with Crippen molar-refractivity contribution in [3.8, 4) is 21.8 Å². The molecule has 0 unspecified atom stereocenters. The molecule has 3 N–H and O–H groups in total. The molecule has 1 fully saturated rings. The summed E-state index contributed by atoms with van der Waals surface area (Å²) in [5.41, 5.74) is 7.96. The lowest BCUT2D eigenvalue weighted by Gasteiger charge is -2.26. The van der Waals surface area contributed by atoms with E-state index in [1.165, 1.54) is 11.3 Å². The van der Waals surface area contributed by atoms with E-state index >= 15 is 0 Å². The zero-order valence-electron chi connectivity index (χ0n) is 17.4. The normalized spacial score (nSPS) is 14.5. The fourth-order valence-electron chi connectivity index (χ4n) is 3.34. The molecular formula is C20H23ClN6O3S2. The van der Waals surface area contributed by atoms with Crippen molar-refractivity contribution in [1.82, 2.24) is 15.0 Å². The highest BCUT2D eigenvalue weighted by atomic mass is 35.5. The van der Waals surface area contributed by atoms with E-state index in [4.69, 9.17) is 27.1 Å². The Morgan fingerprint density at radius 1 is 1.25 bits per heavy atom. The molecule has 0 saturated carbocycles. The number of nitrogen functional groups attached to an aromatic ring is 1. The van der Waals surface area contributed by atoms with Gasteiger partial charge >= 0.3 is 0 Å². The second kappa shape index (κ2) is 9.57. The average Bonchev–Trinajstić information content (AvgIpc) is 3.21. The number of ether oxygens (including phenoxy) is 1. The molecule has 1 saturated heterocycles. The van der Waals surface area contributed by atoms with Gasteiger partial charge in [0.1, 0.15) is 0 Å². The summed E-state index contributed by atoms with van der Waals surface area (Å²) in [6, 6.07) is 6.96. The summed E-state index contributed by atoms with van der Waals surface area (Å²) in [5.74, 6) is 0.165. The van der Waals surface area contributed by atoms with Crippen LogP contribution in [0.5, 0.6) is 0 Å². The Morgan fingerprint density at radius 3 is 2.75 bits per heavy atom. The van der Waals surface area contributed by atoms with Gasteiger partial charge in [0, 0.05) is 24.8 Å². The maximum absolute atomic E-state index is 12.3. The molecule has 1 aromatic carbocycles. The molecule has 1 aliphatic rings. The first-order valence-corrected chi connectivity index (χ1v) is 12.9. The van der Waals surface area contributed by atoms with Crippen molar-refractivity contribution in [2.75, 3.05) is 47.4 Å². The van der Waals surface area contributed by atoms with Crippen LogP contribution < -0.4 is 15.4 Å². The Hall–Kier alpha value is -2.47. The third-order valence-corrected chi connectivity index (χ3v) is 7.82. The Bertz CT molecular complexity index is 1210. The molecular weight excluding hydrogens is 472 g/mol. The van der Waals surface area contributed by atoms with Crippen LogP contribution in [0.15, 0.2) is 30.5 Å². The summed E-state index contributed by atoms with van der Waals surface area (Å²) in [7, 11) is -3.50. The molecule has 1 aliphatic heterocycles. The van der Waals surface area contributed by atoms with E-state index in [1.807, 2.05) is 6.07 Å². The highest BCUT2D eigenvalue weighted by molar-refractivity contribution is 7.92. The van der Waals surface area contributed by atoms with Crippen LogP contribution in [0.25, 0.3) is 21.8 Å². The molecule has 170 valence electrons. The van der Waals surface area contributed by atoms with Gasteiger partial charge < -0.3 is 15.4 Å². The van der Waals surface area contributed by atoms with Gasteiger partial charge in [-0.05, 0) is 18.6 Å². The van der Waals surface area contributed by atoms with Crippen LogP contribution in [0.3, 0.4) is 0 Å². The number of thiazole rings is 1. The molecule has 0 radical (unpaired) electrons. The van der Waals surface area contributed by atoms with Crippen molar-refractivity contribution in [2.45, 2.75) is 13.3 Å². The summed E-state index contributed by atoms with van der Waals surface area (Å²) < 4.78 is 32.6. The van der Waals surface area contributed by atoms with Crippen LogP contribution in [-0.4, -0.2) is 55.4 Å². The number of sulfonamides is 1. The number of nitrogens with one attached hydrogen (secondary N) is 1. The topological polar surface area (TPSA) is 123 Å². The summed E-state index contributed by atoms with van der Waals surface area (Å²) >= 11 is 8.16. The van der Waals surface area contributed by atoms with Crippen LogP contribution in [0.1, 0.15) is 13.3 Å². The number of anilines is 3. The monoisotopic (exact) mass is 494 g/mol. The van der Waals surface area contributed by atoms with Gasteiger partial charge in [0.05, 0.1) is 45.9 Å². The molecule has 32 heavy (non-hydrogen) atoms. The molecule has 0 atom stereocenters. The lowest BCUT2D eigenvalue weighted by Crippen LogP contribution is -2.36. The molecule has 3 aromatic rings. The Kier molecular flexibility index (Phi) is 6.79. The summed E-state index contributed by atoms with van der Waals surface area (Å²) in [5, 5.41) is 1.08. The SMILES string of the molecule is CCCS(=O)(=O)Nc1cccc(-c2nc(N3CCOCC3)sc2-c2ccnc(N)n2)c1Cl. The summed E-state index contributed by atoms with van der Waals surface area (Å²) in [6.07, 6.45) is 2.09. The molecule has 12 heteroatoms. The van der Waals surface area contributed by atoms with Crippen LogP contribution in [0.4, 0.5) is 16.8 Å². The van der Waals surface area contributed by atoms with Crippen molar-refractivity contribution in [2.24, 2.45) is 0 Å². The second-order valence-corrected chi connectivity index (χ2v) is 10.4. The van der Waals surface area contributed by atoms with E-state index in [0.717, 1.165) is 23.1 Å². The Labute approximate surface area is 195 Å². The molecule has 3 heterocycles. The zero-order chi connectivity index (χ0) is 22.7. The average molecular weight is 495 g/mol. The molecule has 9 nitrogen and oxygen atoms in total. The number of hydrogen-bond donors (Lipinski definition) is 2. The van der Waals surface area contributed by atoms with Gasteiger partial charge in [-0.25, -0.2) is 23.4 Å². The van der Waals surface area contributed by atoms with Gasteiger partial charge in [0.25, 0.3) is 0 Å². The van der Waals surface area contributed by atoms with Crippen LogP contribution >= 0.6 is 22.9 Å². The fourth-order valence-corrected chi connectivity index (χ4v) is 5.90. The minimum absolute atomic E-state index is 0.0108. The highest BCUT2D eigenvalue weighted by Crippen LogP contribution is 2.43. The predicted molar refractivity (Wildman–Crippen MR) is 129 cm³/mol. The Balaban J connectivity index is 1.82. The minimum Gasteiger partial charge on any atom is -0.378 e. The van der Waals surface area contributed by atoms with Crippen molar-refractivity contribution in [1.29, 1.82) is 0 Å². The number of morpholine rings is 1. The number of nitrogens with two attached hydrogens (primary N) is 1. The number of rotatable bonds is 7. The van der Waals surface area contributed by atoms with E-state index in [2.05, 4.69) is 19.6 Å². The van der Waals surface area contributed by atoms with E-state index in [9.17, 15) is 8.42 Å². The molecule has 0 aliphatic carbocycles. The largest absolute Gasteiger partial charge is 0.378 e. The van der Waals surface area contributed by atoms with E-state index in [1.54, 1.807) is 31.3 Å². The molecule has 0 spiro atoms. The maximum atomic E-state index is 12.3. The van der Waals surface area contributed by atoms with Crippen LogP contribution in [0.2, 0.25) is 5.02 Å². The summed E-state index contributed by atoms with van der Waals surface area (Å²) in [4.78, 5) is 16.1. The van der Waals surface area contributed by atoms with Gasteiger partial charge in [0.2, 0.25) is 16.0 Å². The van der Waals surface area contributed by atoms with Crippen LogP contribution in [0, 0.1) is 0 Å². The van der Waals surface area contributed by atoms with E-state index in [-0.39, 0.29) is 16.7 Å². The molecule has 2 aromatic heterocycles. The number of benzene rings is 1. The van der Waals surface area contributed by atoms with Gasteiger partial charge in [-0.15, -0.1) is 0 Å². The van der Waals surface area contributed by atoms with E-state index in [0.29, 0.717) is 42.3 Å². The molecule has 4 rings (SSSR count). The molecule has 0 amide bonds. The first-order valence-electron chi connectivity index (χ1n) is 10.1. The third-order valence-electron chi connectivity index (χ3n) is 4.80. The minimum atomic E-state index is -3.50. The summed E-state index contributed by atoms with van der Waals surface area (Å²) in [6.45, 7) is 4.51. The second-order valence-electron chi connectivity index (χ2n) is 7.16. The predicted octanol–water partition coefficient (Wildman–Crippen LogP) is 3.49. The lowest BCUT2D eigenvalue weighted by molar-refractivity contribution is 0.122. The van der Waals surface area contributed by atoms with Crippen molar-refractivity contribution in [3.63, 3.8) is 0 Å². The zero-order valence-corrected chi connectivity index (χ0v) is 19.8.